The highest BCUT2D eigenvalue weighted by molar-refractivity contribution is 9.10. The number of alkyl halides is 1. The van der Waals surface area contributed by atoms with E-state index in [2.05, 4.69) is 31.9 Å². The Labute approximate surface area is 139 Å². The molecule has 0 amide bonds. The van der Waals surface area contributed by atoms with Gasteiger partial charge < -0.3 is 4.74 Å². The van der Waals surface area contributed by atoms with E-state index in [9.17, 15) is 0 Å². The summed E-state index contributed by atoms with van der Waals surface area (Å²) in [6, 6.07) is 11.3. The van der Waals surface area contributed by atoms with Crippen LogP contribution in [0.25, 0.3) is 0 Å². The van der Waals surface area contributed by atoms with Gasteiger partial charge in [-0.25, -0.2) is 0 Å². The van der Waals surface area contributed by atoms with Gasteiger partial charge in [0, 0.05) is 25.4 Å². The first-order valence-electron chi connectivity index (χ1n) is 5.50. The largest absolute Gasteiger partial charge is 0.489 e. The first kappa shape index (κ1) is 15.2. The summed E-state index contributed by atoms with van der Waals surface area (Å²) in [4.78, 5) is 0. The number of hydrogen-bond donors (Lipinski definition) is 0. The Morgan fingerprint density at radius 2 is 1.68 bits per heavy atom. The monoisotopic (exact) mass is 422 g/mol. The Kier molecular flexibility index (Phi) is 5.58. The minimum Gasteiger partial charge on any atom is -0.489 e. The number of ether oxygens (including phenoxy) is 1. The topological polar surface area (TPSA) is 9.23 Å². The van der Waals surface area contributed by atoms with Gasteiger partial charge in [-0.1, -0.05) is 61.1 Å². The third-order valence-electron chi connectivity index (χ3n) is 2.49. The van der Waals surface area contributed by atoms with Gasteiger partial charge in [-0.3, -0.25) is 0 Å². The number of benzene rings is 2. The van der Waals surface area contributed by atoms with Crippen LogP contribution in [0, 0.1) is 0 Å². The molecule has 0 heterocycles. The summed E-state index contributed by atoms with van der Waals surface area (Å²) in [7, 11) is 0. The molecular formula is C14H10Br2Cl2O. The highest BCUT2D eigenvalue weighted by atomic mass is 79.9. The van der Waals surface area contributed by atoms with Gasteiger partial charge in [0.15, 0.2) is 0 Å². The second-order valence-corrected chi connectivity index (χ2v) is 6.30. The van der Waals surface area contributed by atoms with Crippen LogP contribution in [0.4, 0.5) is 0 Å². The van der Waals surface area contributed by atoms with Crippen LogP contribution in [0.2, 0.25) is 10.0 Å². The van der Waals surface area contributed by atoms with Crippen molar-refractivity contribution in [2.75, 3.05) is 0 Å². The van der Waals surface area contributed by atoms with Gasteiger partial charge in [-0.05, 0) is 35.9 Å². The summed E-state index contributed by atoms with van der Waals surface area (Å²) in [5.74, 6) is 0.836. The zero-order chi connectivity index (χ0) is 13.8. The normalized spacial score (nSPS) is 10.5. The molecule has 19 heavy (non-hydrogen) atoms. The van der Waals surface area contributed by atoms with Crippen molar-refractivity contribution in [3.8, 4) is 5.75 Å². The lowest BCUT2D eigenvalue weighted by atomic mass is 10.2. The van der Waals surface area contributed by atoms with E-state index in [-0.39, 0.29) is 0 Å². The maximum absolute atomic E-state index is 5.96. The Balaban J connectivity index is 2.16. The van der Waals surface area contributed by atoms with Gasteiger partial charge in [-0.2, -0.15) is 0 Å². The van der Waals surface area contributed by atoms with Gasteiger partial charge in [0.1, 0.15) is 12.4 Å². The fourth-order valence-electron chi connectivity index (χ4n) is 1.63. The minimum absolute atomic E-state index is 0.427. The smallest absolute Gasteiger partial charge is 0.124 e. The lowest BCUT2D eigenvalue weighted by Crippen LogP contribution is -1.98. The second-order valence-electron chi connectivity index (χ2n) is 3.95. The fraction of sp³-hybridized carbons (Fsp3) is 0.143. The summed E-state index contributed by atoms with van der Waals surface area (Å²) in [6.45, 7) is 0.427. The minimum atomic E-state index is 0.427. The van der Waals surface area contributed by atoms with E-state index in [1.165, 1.54) is 0 Å². The standard InChI is InChI=1S/C14H10Br2Cl2O/c15-7-10-1-2-11(16)5-14(10)19-8-9-3-12(17)6-13(18)4-9/h1-6H,7-8H2. The Morgan fingerprint density at radius 1 is 1.00 bits per heavy atom. The van der Waals surface area contributed by atoms with E-state index in [1.807, 2.05) is 30.3 Å². The zero-order valence-electron chi connectivity index (χ0n) is 9.80. The maximum atomic E-state index is 5.96. The van der Waals surface area contributed by atoms with Crippen LogP contribution in [0.1, 0.15) is 11.1 Å². The van der Waals surface area contributed by atoms with E-state index < -0.39 is 0 Å². The molecule has 0 saturated carbocycles. The molecular weight excluding hydrogens is 415 g/mol. The average molecular weight is 425 g/mol. The van der Waals surface area contributed by atoms with E-state index in [0.717, 1.165) is 26.7 Å². The molecule has 0 aromatic heterocycles. The highest BCUT2D eigenvalue weighted by Crippen LogP contribution is 2.27. The van der Waals surface area contributed by atoms with Gasteiger partial charge >= 0.3 is 0 Å². The van der Waals surface area contributed by atoms with E-state index >= 15 is 0 Å². The lowest BCUT2D eigenvalue weighted by Gasteiger charge is -2.11. The van der Waals surface area contributed by atoms with Gasteiger partial charge in [0.05, 0.1) is 0 Å². The molecule has 0 bridgehead atoms. The molecule has 5 heteroatoms. The van der Waals surface area contributed by atoms with Crippen LogP contribution in [0.3, 0.4) is 0 Å². The summed E-state index contributed by atoms with van der Waals surface area (Å²) in [5, 5.41) is 1.97. The Bertz CT molecular complexity index is 567. The van der Waals surface area contributed by atoms with E-state index in [4.69, 9.17) is 27.9 Å². The van der Waals surface area contributed by atoms with Crippen molar-refractivity contribution in [1.82, 2.24) is 0 Å². The fourth-order valence-corrected chi connectivity index (χ4v) is 3.00. The average Bonchev–Trinajstić information content (AvgIpc) is 2.35. The molecule has 0 N–H and O–H groups in total. The van der Waals surface area contributed by atoms with Crippen LogP contribution >= 0.6 is 55.1 Å². The summed E-state index contributed by atoms with van der Waals surface area (Å²) in [6.07, 6.45) is 0. The molecule has 1 nitrogen and oxygen atoms in total. The van der Waals surface area contributed by atoms with Crippen LogP contribution in [-0.4, -0.2) is 0 Å². The molecule has 0 fully saturated rings. The molecule has 2 aromatic rings. The van der Waals surface area contributed by atoms with Gasteiger partial charge in [0.2, 0.25) is 0 Å². The van der Waals surface area contributed by atoms with Gasteiger partial charge in [-0.15, -0.1) is 0 Å². The third kappa shape index (κ3) is 4.38. The van der Waals surface area contributed by atoms with Crippen LogP contribution in [0.15, 0.2) is 40.9 Å². The third-order valence-corrected chi connectivity index (χ3v) is 4.02. The van der Waals surface area contributed by atoms with Crippen LogP contribution in [0.5, 0.6) is 5.75 Å². The van der Waals surface area contributed by atoms with Crippen molar-refractivity contribution in [3.05, 3.63) is 62.0 Å². The maximum Gasteiger partial charge on any atom is 0.124 e. The summed E-state index contributed by atoms with van der Waals surface area (Å²) < 4.78 is 6.81. The first-order chi connectivity index (χ1) is 9.08. The molecule has 0 spiro atoms. The van der Waals surface area contributed by atoms with Crippen molar-refractivity contribution in [2.45, 2.75) is 11.9 Å². The van der Waals surface area contributed by atoms with Crippen LogP contribution < -0.4 is 4.74 Å². The number of halogens is 4. The molecule has 2 aromatic carbocycles. The predicted octanol–water partition coefficient (Wildman–Crippen LogP) is 6.23. The summed E-state index contributed by atoms with van der Waals surface area (Å²) in [5.41, 5.74) is 2.04. The molecule has 0 aliphatic heterocycles. The molecule has 0 radical (unpaired) electrons. The van der Waals surface area contributed by atoms with Crippen molar-refractivity contribution < 1.29 is 4.74 Å². The quantitative estimate of drug-likeness (QED) is 0.528. The molecule has 0 saturated heterocycles. The molecule has 0 atom stereocenters. The molecule has 0 aliphatic carbocycles. The molecule has 2 rings (SSSR count). The van der Waals surface area contributed by atoms with Crippen molar-refractivity contribution in [1.29, 1.82) is 0 Å². The van der Waals surface area contributed by atoms with Crippen LogP contribution in [-0.2, 0) is 11.9 Å². The number of hydrogen-bond acceptors (Lipinski definition) is 1. The molecule has 0 unspecified atom stereocenters. The summed E-state index contributed by atoms with van der Waals surface area (Å²) >= 11 is 18.8. The van der Waals surface area contributed by atoms with Crippen molar-refractivity contribution in [2.24, 2.45) is 0 Å². The number of rotatable bonds is 4. The first-order valence-corrected chi connectivity index (χ1v) is 8.17. The zero-order valence-corrected chi connectivity index (χ0v) is 14.5. The lowest BCUT2D eigenvalue weighted by molar-refractivity contribution is 0.304. The Morgan fingerprint density at radius 3 is 2.32 bits per heavy atom. The van der Waals surface area contributed by atoms with Crippen molar-refractivity contribution >= 4 is 55.1 Å². The van der Waals surface area contributed by atoms with Crippen molar-refractivity contribution in [3.63, 3.8) is 0 Å². The molecule has 100 valence electrons. The predicted molar refractivity (Wildman–Crippen MR) is 87.6 cm³/mol. The Hall–Kier alpha value is -0.220. The highest BCUT2D eigenvalue weighted by Gasteiger charge is 2.05. The SMILES string of the molecule is Clc1cc(Cl)cc(COc2cc(Br)ccc2CBr)c1. The second kappa shape index (κ2) is 6.98. The molecule has 0 aliphatic rings. The van der Waals surface area contributed by atoms with E-state index in [0.29, 0.717) is 16.7 Å². The van der Waals surface area contributed by atoms with Gasteiger partial charge in [0.25, 0.3) is 0 Å². The van der Waals surface area contributed by atoms with E-state index in [1.54, 1.807) is 6.07 Å².